The summed E-state index contributed by atoms with van der Waals surface area (Å²) in [6, 6.07) is 0. The van der Waals surface area contributed by atoms with Crippen LogP contribution in [0.15, 0.2) is 0 Å². The Hall–Kier alpha value is -2.71. The summed E-state index contributed by atoms with van der Waals surface area (Å²) in [4.78, 5) is 40.3. The third-order valence-electron chi connectivity index (χ3n) is 4.62. The van der Waals surface area contributed by atoms with Crippen molar-refractivity contribution in [3.8, 4) is 23.3 Å². The summed E-state index contributed by atoms with van der Waals surface area (Å²) in [5.41, 5.74) is 0. The van der Waals surface area contributed by atoms with Gasteiger partial charge in [-0.3, -0.25) is 9.59 Å². The van der Waals surface area contributed by atoms with Crippen LogP contribution >= 0.6 is 0 Å². The molecule has 9 nitrogen and oxygen atoms in total. The number of aromatic nitrogens is 1. The lowest BCUT2D eigenvalue weighted by molar-refractivity contribution is -0.142. The molecule has 9 heteroatoms. The molecule has 0 saturated heterocycles. The molecule has 0 radical (unpaired) electrons. The number of nitrogens with zero attached hydrogens (tertiary/aromatic N) is 1. The monoisotopic (exact) mass is 441 g/mol. The smallest absolute Gasteiger partial charge is 0.330 e. The van der Waals surface area contributed by atoms with E-state index in [1.165, 1.54) is 0 Å². The first kappa shape index (κ1) is 26.3. The van der Waals surface area contributed by atoms with Crippen molar-refractivity contribution in [2.45, 2.75) is 97.8 Å². The van der Waals surface area contributed by atoms with Gasteiger partial charge >= 0.3 is 17.9 Å². The van der Waals surface area contributed by atoms with Crippen molar-refractivity contribution >= 4 is 17.9 Å². The molecule has 176 valence electrons. The van der Waals surface area contributed by atoms with E-state index < -0.39 is 41.2 Å². The molecule has 0 unspecified atom stereocenters. The van der Waals surface area contributed by atoms with Crippen LogP contribution in [0.1, 0.15) is 97.8 Å². The summed E-state index contributed by atoms with van der Waals surface area (Å²) in [7, 11) is 0. The van der Waals surface area contributed by atoms with E-state index in [0.29, 0.717) is 17.6 Å². The predicted molar refractivity (Wildman–Crippen MR) is 113 cm³/mol. The molecule has 0 atom stereocenters. The Morgan fingerprint density at radius 2 is 1.10 bits per heavy atom. The number of unbranched alkanes of at least 4 members (excludes halogenated alkanes) is 8. The fourth-order valence-electron chi connectivity index (χ4n) is 2.96. The molecule has 1 aromatic rings. The first-order valence-corrected chi connectivity index (χ1v) is 11.1. The lowest BCUT2D eigenvalue weighted by Gasteiger charge is -2.07. The van der Waals surface area contributed by atoms with Gasteiger partial charge in [0.1, 0.15) is 0 Å². The molecule has 1 rings (SSSR count). The van der Waals surface area contributed by atoms with Crippen molar-refractivity contribution in [3.05, 3.63) is 0 Å². The predicted octanol–water partition coefficient (Wildman–Crippen LogP) is 4.41. The van der Waals surface area contributed by atoms with E-state index in [1.807, 2.05) is 0 Å². The van der Waals surface area contributed by atoms with Gasteiger partial charge in [-0.2, -0.15) is 0 Å². The van der Waals surface area contributed by atoms with Crippen molar-refractivity contribution < 1.29 is 38.9 Å². The van der Waals surface area contributed by atoms with Crippen LogP contribution in [0.2, 0.25) is 0 Å². The highest BCUT2D eigenvalue weighted by Gasteiger charge is 2.31. The molecule has 1 heterocycles. The van der Waals surface area contributed by atoms with E-state index in [2.05, 4.69) is 13.8 Å². The number of ether oxygens (including phenoxy) is 2. The van der Waals surface area contributed by atoms with Gasteiger partial charge in [0.25, 0.3) is 11.8 Å². The summed E-state index contributed by atoms with van der Waals surface area (Å²) in [6.07, 6.45) is 9.40. The second-order valence-electron chi connectivity index (χ2n) is 7.46. The molecule has 1 aromatic heterocycles. The van der Waals surface area contributed by atoms with E-state index in [0.717, 1.165) is 58.3 Å². The lowest BCUT2D eigenvalue weighted by atomic mass is 10.1. The van der Waals surface area contributed by atoms with Crippen molar-refractivity contribution in [3.63, 3.8) is 0 Å². The molecule has 0 fully saturated rings. The number of carbonyl (C=O) groups is 3. The molecule has 31 heavy (non-hydrogen) atoms. The Balaban J connectivity index is 2.85. The molecular formula is C22H35NO8. The first-order valence-electron chi connectivity index (χ1n) is 11.1. The van der Waals surface area contributed by atoms with Gasteiger partial charge in [0.15, 0.2) is 0 Å². The highest BCUT2D eigenvalue weighted by molar-refractivity contribution is 5.79. The van der Waals surface area contributed by atoms with Gasteiger partial charge < -0.3 is 24.5 Å². The average Bonchev–Trinajstić information content (AvgIpc) is 2.92. The van der Waals surface area contributed by atoms with Crippen LogP contribution in [-0.4, -0.2) is 32.9 Å². The van der Waals surface area contributed by atoms with Crippen molar-refractivity contribution in [1.29, 1.82) is 0 Å². The molecule has 0 aliphatic carbocycles. The van der Waals surface area contributed by atoms with Gasteiger partial charge in [-0.25, -0.2) is 4.79 Å². The van der Waals surface area contributed by atoms with E-state index in [1.54, 1.807) is 0 Å². The largest absolute Gasteiger partial charge is 0.490 e. The van der Waals surface area contributed by atoms with Crippen LogP contribution in [0, 0.1) is 0 Å². The molecule has 0 aliphatic heterocycles. The Labute approximate surface area is 183 Å². The van der Waals surface area contributed by atoms with Gasteiger partial charge in [-0.05, 0) is 12.8 Å². The summed E-state index contributed by atoms with van der Waals surface area (Å²) in [5.74, 6) is -4.99. The van der Waals surface area contributed by atoms with Crippen molar-refractivity contribution in [2.24, 2.45) is 0 Å². The molecular weight excluding hydrogens is 406 g/mol. The van der Waals surface area contributed by atoms with Gasteiger partial charge in [0.2, 0.25) is 11.5 Å². The van der Waals surface area contributed by atoms with Gasteiger partial charge in [-0.15, -0.1) is 0 Å². The standard InChI is InChI=1S/C22H35NO8/c1-4-6-8-10-12-14-17(25)29-19-20(22(28)23(21(19)27)31-16(3)24)30-18(26)15-13-11-9-7-5-2/h27-28H,4-15H2,1-3H3. The Bertz CT molecular complexity index is 674. The second-order valence-corrected chi connectivity index (χ2v) is 7.46. The molecule has 0 saturated carbocycles. The van der Waals surface area contributed by atoms with Gasteiger partial charge in [0.05, 0.1) is 0 Å². The summed E-state index contributed by atoms with van der Waals surface area (Å²) in [6.45, 7) is 5.24. The minimum atomic E-state index is -0.849. The average molecular weight is 442 g/mol. The van der Waals surface area contributed by atoms with Crippen LogP contribution in [0.4, 0.5) is 0 Å². The zero-order valence-electron chi connectivity index (χ0n) is 18.8. The van der Waals surface area contributed by atoms with E-state index in [-0.39, 0.29) is 12.8 Å². The topological polar surface area (TPSA) is 124 Å². The molecule has 0 spiro atoms. The third kappa shape index (κ3) is 9.31. The van der Waals surface area contributed by atoms with E-state index >= 15 is 0 Å². The zero-order valence-corrected chi connectivity index (χ0v) is 18.8. The Kier molecular flexibility index (Phi) is 12.2. The zero-order chi connectivity index (χ0) is 23.2. The number of hydrogen-bond donors (Lipinski definition) is 2. The van der Waals surface area contributed by atoms with Crippen LogP contribution in [0.3, 0.4) is 0 Å². The Morgan fingerprint density at radius 1 is 0.710 bits per heavy atom. The van der Waals surface area contributed by atoms with Crippen molar-refractivity contribution in [1.82, 2.24) is 4.73 Å². The van der Waals surface area contributed by atoms with Crippen LogP contribution < -0.4 is 14.3 Å². The second kappa shape index (κ2) is 14.3. The lowest BCUT2D eigenvalue weighted by Crippen LogP contribution is -2.15. The van der Waals surface area contributed by atoms with Crippen LogP contribution in [0.5, 0.6) is 23.3 Å². The Morgan fingerprint density at radius 3 is 1.45 bits per heavy atom. The van der Waals surface area contributed by atoms with Crippen molar-refractivity contribution in [2.75, 3.05) is 0 Å². The molecule has 0 aromatic carbocycles. The minimum absolute atomic E-state index is 0.0908. The van der Waals surface area contributed by atoms with Gasteiger partial charge in [-0.1, -0.05) is 69.9 Å². The molecule has 2 N–H and O–H groups in total. The number of carbonyl (C=O) groups excluding carboxylic acids is 3. The van der Waals surface area contributed by atoms with Crippen LogP contribution in [-0.2, 0) is 14.4 Å². The maximum Gasteiger partial charge on any atom is 0.330 e. The number of hydrogen-bond acceptors (Lipinski definition) is 8. The highest BCUT2D eigenvalue weighted by atomic mass is 16.7. The first-order chi connectivity index (χ1) is 14.8. The fraction of sp³-hybridized carbons (Fsp3) is 0.682. The fourth-order valence-corrected chi connectivity index (χ4v) is 2.96. The molecule has 0 amide bonds. The maximum atomic E-state index is 12.2. The maximum absolute atomic E-state index is 12.2. The number of aromatic hydroxyl groups is 2. The molecule has 0 bridgehead atoms. The van der Waals surface area contributed by atoms with Crippen LogP contribution in [0.25, 0.3) is 0 Å². The van der Waals surface area contributed by atoms with E-state index in [4.69, 9.17) is 14.3 Å². The quantitative estimate of drug-likeness (QED) is 0.303. The normalized spacial score (nSPS) is 10.7. The number of esters is 2. The minimum Gasteiger partial charge on any atom is -0.490 e. The van der Waals surface area contributed by atoms with E-state index in [9.17, 15) is 24.6 Å². The summed E-state index contributed by atoms with van der Waals surface area (Å²) in [5, 5.41) is 20.5. The number of rotatable bonds is 15. The molecule has 0 aliphatic rings. The summed E-state index contributed by atoms with van der Waals surface area (Å²) < 4.78 is 10.6. The third-order valence-corrected chi connectivity index (χ3v) is 4.62. The summed E-state index contributed by atoms with van der Waals surface area (Å²) >= 11 is 0. The SMILES string of the molecule is CCCCCCCC(=O)Oc1c(OC(=O)CCCCCCC)c(O)n(OC(C)=O)c1O. The van der Waals surface area contributed by atoms with Gasteiger partial charge in [0, 0.05) is 19.8 Å². The highest BCUT2D eigenvalue weighted by Crippen LogP contribution is 2.47.